The number of carbonyl (C=O) groups excluding carboxylic acids is 1. The largest absolute Gasteiger partial charge is 0.493 e. The number of ether oxygens (including phenoxy) is 2. The summed E-state index contributed by atoms with van der Waals surface area (Å²) in [6, 6.07) is 19.8. The Morgan fingerprint density at radius 1 is 1.06 bits per heavy atom. The topological polar surface area (TPSA) is 50.8 Å². The predicted molar refractivity (Wildman–Crippen MR) is 131 cm³/mol. The van der Waals surface area contributed by atoms with Crippen LogP contribution in [-0.2, 0) is 13.0 Å². The fraction of sp³-hybridized carbons (Fsp3) is 0.296. The first-order valence-corrected chi connectivity index (χ1v) is 11.4. The zero-order valence-corrected chi connectivity index (χ0v) is 20.0. The molecule has 0 bridgehead atoms. The molecule has 1 aliphatic heterocycles. The van der Waals surface area contributed by atoms with Crippen molar-refractivity contribution in [2.75, 3.05) is 27.3 Å². The van der Waals surface area contributed by atoms with E-state index >= 15 is 0 Å². The van der Waals surface area contributed by atoms with Gasteiger partial charge >= 0.3 is 0 Å². The predicted octanol–water partition coefficient (Wildman–Crippen LogP) is 5.20. The maximum absolute atomic E-state index is 12.9. The van der Waals surface area contributed by atoms with Gasteiger partial charge in [-0.25, -0.2) is 0 Å². The van der Waals surface area contributed by atoms with Crippen molar-refractivity contribution in [2.24, 2.45) is 0 Å². The molecule has 1 atom stereocenters. The first kappa shape index (κ1) is 23.1. The number of hydrogen-bond acceptors (Lipinski definition) is 4. The highest BCUT2D eigenvalue weighted by Crippen LogP contribution is 2.38. The minimum atomic E-state index is -0.177. The number of methoxy groups -OCH3 is 2. The van der Waals surface area contributed by atoms with E-state index in [0.29, 0.717) is 22.9 Å². The number of amides is 1. The Morgan fingerprint density at radius 2 is 1.76 bits per heavy atom. The molecule has 0 spiro atoms. The third-order valence-corrected chi connectivity index (χ3v) is 6.52. The second kappa shape index (κ2) is 10.3. The van der Waals surface area contributed by atoms with Gasteiger partial charge < -0.3 is 14.8 Å². The molecule has 0 fully saturated rings. The molecule has 0 saturated carbocycles. The average Bonchev–Trinajstić information content (AvgIpc) is 2.83. The molecule has 1 amide bonds. The molecule has 1 aliphatic rings. The zero-order chi connectivity index (χ0) is 23.4. The summed E-state index contributed by atoms with van der Waals surface area (Å²) in [5, 5.41) is 3.55. The van der Waals surface area contributed by atoms with E-state index in [4.69, 9.17) is 21.1 Å². The number of nitrogens with zero attached hydrogens (tertiary/aromatic N) is 1. The fourth-order valence-corrected chi connectivity index (χ4v) is 4.59. The fourth-order valence-electron chi connectivity index (χ4n) is 4.37. The normalized spacial score (nSPS) is 15.6. The van der Waals surface area contributed by atoms with Crippen LogP contribution in [0.3, 0.4) is 0 Å². The molecular formula is C27H29ClN2O3. The maximum Gasteiger partial charge on any atom is 0.252 e. The minimum absolute atomic E-state index is 0.0127. The molecular weight excluding hydrogens is 436 g/mol. The zero-order valence-electron chi connectivity index (χ0n) is 19.2. The van der Waals surface area contributed by atoms with Gasteiger partial charge in [-0.05, 0) is 54.3 Å². The van der Waals surface area contributed by atoms with Gasteiger partial charge in [-0.1, -0.05) is 53.6 Å². The number of halogens is 1. The number of rotatable bonds is 7. The van der Waals surface area contributed by atoms with Gasteiger partial charge in [0.1, 0.15) is 0 Å². The molecule has 3 aromatic rings. The van der Waals surface area contributed by atoms with Crippen molar-refractivity contribution in [3.05, 3.63) is 93.5 Å². The summed E-state index contributed by atoms with van der Waals surface area (Å²) in [5.41, 5.74) is 5.32. The van der Waals surface area contributed by atoms with Crippen LogP contribution in [0.5, 0.6) is 11.5 Å². The van der Waals surface area contributed by atoms with Gasteiger partial charge in [-0.15, -0.1) is 0 Å². The summed E-state index contributed by atoms with van der Waals surface area (Å²) in [5.74, 6) is 1.24. The summed E-state index contributed by atoms with van der Waals surface area (Å²) in [6.07, 6.45) is 0.899. The van der Waals surface area contributed by atoms with Crippen molar-refractivity contribution < 1.29 is 14.3 Å². The first-order valence-electron chi connectivity index (χ1n) is 11.1. The van der Waals surface area contributed by atoms with E-state index in [0.717, 1.165) is 30.8 Å². The SMILES string of the molecule is COc1cc2c(cc1OC)[C@@H](CNC(=O)c1ccccc1Cl)N(Cc1ccc(C)cc1)CC2. The summed E-state index contributed by atoms with van der Waals surface area (Å²) < 4.78 is 11.1. The van der Waals surface area contributed by atoms with Crippen molar-refractivity contribution in [1.82, 2.24) is 10.2 Å². The number of hydrogen-bond donors (Lipinski definition) is 1. The van der Waals surface area contributed by atoms with E-state index in [9.17, 15) is 4.79 Å². The van der Waals surface area contributed by atoms with Crippen LogP contribution >= 0.6 is 11.6 Å². The standard InChI is InChI=1S/C27H29ClN2O3/c1-18-8-10-19(11-9-18)17-30-13-12-20-14-25(32-2)26(33-3)15-22(20)24(30)16-29-27(31)21-6-4-5-7-23(21)28/h4-11,14-15,24H,12-13,16-17H2,1-3H3,(H,29,31)/t24-/m1/s1. The Kier molecular flexibility index (Phi) is 7.21. The molecule has 0 radical (unpaired) electrons. The summed E-state index contributed by atoms with van der Waals surface area (Å²) in [4.78, 5) is 15.3. The van der Waals surface area contributed by atoms with Crippen molar-refractivity contribution in [3.63, 3.8) is 0 Å². The summed E-state index contributed by atoms with van der Waals surface area (Å²) in [6.45, 7) is 4.22. The average molecular weight is 465 g/mol. The second-order valence-corrected chi connectivity index (χ2v) is 8.72. The Hall–Kier alpha value is -3.02. The third-order valence-electron chi connectivity index (χ3n) is 6.19. The van der Waals surface area contributed by atoms with Crippen LogP contribution in [0.2, 0.25) is 5.02 Å². The summed E-state index contributed by atoms with van der Waals surface area (Å²) >= 11 is 6.24. The van der Waals surface area contributed by atoms with Crippen LogP contribution < -0.4 is 14.8 Å². The van der Waals surface area contributed by atoms with E-state index in [1.807, 2.05) is 18.2 Å². The van der Waals surface area contributed by atoms with Crippen LogP contribution in [0, 0.1) is 6.92 Å². The second-order valence-electron chi connectivity index (χ2n) is 8.32. The molecule has 6 heteroatoms. The molecule has 0 aromatic heterocycles. The highest BCUT2D eigenvalue weighted by atomic mass is 35.5. The number of carbonyl (C=O) groups is 1. The van der Waals surface area contributed by atoms with E-state index in [1.54, 1.807) is 26.4 Å². The third kappa shape index (κ3) is 5.15. The van der Waals surface area contributed by atoms with Gasteiger partial charge in [-0.2, -0.15) is 0 Å². The minimum Gasteiger partial charge on any atom is -0.493 e. The summed E-state index contributed by atoms with van der Waals surface area (Å²) in [7, 11) is 3.30. The lowest BCUT2D eigenvalue weighted by Crippen LogP contribution is -2.41. The van der Waals surface area contributed by atoms with Crippen LogP contribution in [0.1, 0.15) is 38.7 Å². The molecule has 172 valence electrons. The first-order chi connectivity index (χ1) is 16.0. The number of fused-ring (bicyclic) bond motifs is 1. The Morgan fingerprint density at radius 3 is 2.45 bits per heavy atom. The van der Waals surface area contributed by atoms with Crippen LogP contribution in [0.25, 0.3) is 0 Å². The Labute approximate surface area is 200 Å². The van der Waals surface area contributed by atoms with E-state index < -0.39 is 0 Å². The van der Waals surface area contributed by atoms with Gasteiger partial charge in [-0.3, -0.25) is 9.69 Å². The number of nitrogens with one attached hydrogen (secondary N) is 1. The molecule has 0 unspecified atom stereocenters. The lowest BCUT2D eigenvalue weighted by atomic mass is 9.91. The Bertz CT molecular complexity index is 1130. The quantitative estimate of drug-likeness (QED) is 0.522. The van der Waals surface area contributed by atoms with Gasteiger partial charge in [0.15, 0.2) is 11.5 Å². The van der Waals surface area contributed by atoms with E-state index in [2.05, 4.69) is 47.5 Å². The highest BCUT2D eigenvalue weighted by molar-refractivity contribution is 6.33. The van der Waals surface area contributed by atoms with Gasteiger partial charge in [0.2, 0.25) is 0 Å². The molecule has 0 aliphatic carbocycles. The molecule has 1 N–H and O–H groups in total. The van der Waals surface area contributed by atoms with Crippen molar-refractivity contribution in [1.29, 1.82) is 0 Å². The van der Waals surface area contributed by atoms with Crippen molar-refractivity contribution >= 4 is 17.5 Å². The molecule has 4 rings (SSSR count). The molecule has 1 heterocycles. The Balaban J connectivity index is 1.63. The molecule has 0 saturated heterocycles. The highest BCUT2D eigenvalue weighted by Gasteiger charge is 2.30. The van der Waals surface area contributed by atoms with Gasteiger partial charge in [0, 0.05) is 19.6 Å². The molecule has 33 heavy (non-hydrogen) atoms. The van der Waals surface area contributed by atoms with Crippen LogP contribution in [-0.4, -0.2) is 38.1 Å². The smallest absolute Gasteiger partial charge is 0.252 e. The number of aryl methyl sites for hydroxylation is 1. The van der Waals surface area contributed by atoms with Gasteiger partial charge in [0.25, 0.3) is 5.91 Å². The molecule has 3 aromatic carbocycles. The van der Waals surface area contributed by atoms with Crippen molar-refractivity contribution in [3.8, 4) is 11.5 Å². The van der Waals surface area contributed by atoms with E-state index in [-0.39, 0.29) is 11.9 Å². The van der Waals surface area contributed by atoms with Crippen LogP contribution in [0.15, 0.2) is 60.7 Å². The van der Waals surface area contributed by atoms with Gasteiger partial charge in [0.05, 0.1) is 30.8 Å². The molecule has 5 nitrogen and oxygen atoms in total. The maximum atomic E-state index is 12.9. The van der Waals surface area contributed by atoms with E-state index in [1.165, 1.54) is 16.7 Å². The number of benzene rings is 3. The lowest BCUT2D eigenvalue weighted by Gasteiger charge is -2.38. The van der Waals surface area contributed by atoms with Crippen molar-refractivity contribution in [2.45, 2.75) is 25.9 Å². The van der Waals surface area contributed by atoms with Crippen LogP contribution in [0.4, 0.5) is 0 Å². The monoisotopic (exact) mass is 464 g/mol. The lowest BCUT2D eigenvalue weighted by molar-refractivity contribution is 0.0926.